The number of fused-ring (bicyclic) bond motifs is 1. The van der Waals surface area contributed by atoms with Crippen molar-refractivity contribution >= 4 is 16.7 Å². The summed E-state index contributed by atoms with van der Waals surface area (Å²) in [4.78, 5) is 31.7. The average molecular weight is 378 g/mol. The molecule has 0 aliphatic rings. The van der Waals surface area contributed by atoms with Crippen LogP contribution in [-0.2, 0) is 17.8 Å². The number of amides is 1. The summed E-state index contributed by atoms with van der Waals surface area (Å²) in [5.41, 5.74) is 1.55. The number of aromatic nitrogens is 3. The van der Waals surface area contributed by atoms with Gasteiger partial charge in [0.15, 0.2) is 0 Å². The van der Waals surface area contributed by atoms with E-state index in [1.54, 1.807) is 18.5 Å². The number of carbonyl (C=O) groups excluding carboxylic acids is 1. The van der Waals surface area contributed by atoms with E-state index in [1.165, 1.54) is 4.68 Å². The molecule has 0 fully saturated rings. The number of hydrogen-bond acceptors (Lipinski definition) is 4. The Hall–Kier alpha value is -3.02. The van der Waals surface area contributed by atoms with Gasteiger partial charge in [0, 0.05) is 37.3 Å². The minimum Gasteiger partial charge on any atom is -0.341 e. The molecule has 3 rings (SSSR count). The normalized spacial score (nSPS) is 10.9. The van der Waals surface area contributed by atoms with E-state index in [0.717, 1.165) is 29.5 Å². The van der Waals surface area contributed by atoms with Crippen LogP contribution in [0.3, 0.4) is 0 Å². The minimum atomic E-state index is -0.230. The van der Waals surface area contributed by atoms with Gasteiger partial charge < -0.3 is 4.90 Å². The number of hydrogen-bond donors (Lipinski definition) is 0. The molecule has 6 nitrogen and oxygen atoms in total. The van der Waals surface area contributed by atoms with Gasteiger partial charge in [-0.1, -0.05) is 38.1 Å². The van der Waals surface area contributed by atoms with Gasteiger partial charge in [0.25, 0.3) is 5.56 Å². The summed E-state index contributed by atoms with van der Waals surface area (Å²) < 4.78 is 1.31. The van der Waals surface area contributed by atoms with Gasteiger partial charge >= 0.3 is 0 Å². The van der Waals surface area contributed by atoms with Crippen LogP contribution >= 0.6 is 0 Å². The van der Waals surface area contributed by atoms with Gasteiger partial charge in [0.05, 0.1) is 11.1 Å². The molecule has 3 aromatic rings. The van der Waals surface area contributed by atoms with Crippen LogP contribution < -0.4 is 5.56 Å². The van der Waals surface area contributed by atoms with Crippen molar-refractivity contribution in [1.82, 2.24) is 19.7 Å². The maximum Gasteiger partial charge on any atom is 0.275 e. The van der Waals surface area contributed by atoms with Crippen molar-refractivity contribution in [3.8, 4) is 0 Å². The van der Waals surface area contributed by atoms with E-state index in [-0.39, 0.29) is 18.0 Å². The van der Waals surface area contributed by atoms with Crippen LogP contribution in [0, 0.1) is 0 Å². The highest BCUT2D eigenvalue weighted by Gasteiger charge is 2.17. The second-order valence-electron chi connectivity index (χ2n) is 6.87. The van der Waals surface area contributed by atoms with Gasteiger partial charge in [0.2, 0.25) is 5.91 Å². The van der Waals surface area contributed by atoms with Gasteiger partial charge in [0.1, 0.15) is 6.54 Å². The molecular weight excluding hydrogens is 352 g/mol. The van der Waals surface area contributed by atoms with Gasteiger partial charge in [-0.2, -0.15) is 5.10 Å². The molecule has 0 aliphatic heterocycles. The molecular formula is C22H26N4O2. The maximum absolute atomic E-state index is 12.9. The van der Waals surface area contributed by atoms with Crippen molar-refractivity contribution in [3.05, 3.63) is 70.4 Å². The molecule has 6 heteroatoms. The average Bonchev–Trinajstić information content (AvgIpc) is 2.72. The Balaban J connectivity index is 1.99. The van der Waals surface area contributed by atoms with Crippen LogP contribution in [0.2, 0.25) is 0 Å². The van der Waals surface area contributed by atoms with Gasteiger partial charge in [-0.15, -0.1) is 0 Å². The molecule has 28 heavy (non-hydrogen) atoms. The zero-order chi connectivity index (χ0) is 19.9. The first-order valence-electron chi connectivity index (χ1n) is 9.79. The first-order chi connectivity index (χ1) is 13.6. The molecule has 2 heterocycles. The van der Waals surface area contributed by atoms with E-state index in [9.17, 15) is 9.59 Å². The lowest BCUT2D eigenvalue weighted by atomic mass is 10.1. The van der Waals surface area contributed by atoms with Crippen molar-refractivity contribution in [2.45, 2.75) is 39.7 Å². The van der Waals surface area contributed by atoms with Gasteiger partial charge in [-0.05, 0) is 30.5 Å². The Labute approximate surface area is 164 Å². The van der Waals surface area contributed by atoms with E-state index >= 15 is 0 Å². The van der Waals surface area contributed by atoms with Crippen LogP contribution in [0.25, 0.3) is 10.8 Å². The van der Waals surface area contributed by atoms with Crippen LogP contribution in [0.15, 0.2) is 53.6 Å². The largest absolute Gasteiger partial charge is 0.341 e. The monoisotopic (exact) mass is 378 g/mol. The number of benzene rings is 1. The summed E-state index contributed by atoms with van der Waals surface area (Å²) >= 11 is 0. The highest BCUT2D eigenvalue weighted by molar-refractivity contribution is 5.84. The minimum absolute atomic E-state index is 0.0380. The van der Waals surface area contributed by atoms with Crippen LogP contribution in [0.4, 0.5) is 0 Å². The molecule has 146 valence electrons. The fraction of sp³-hybridized carbons (Fsp3) is 0.364. The standard InChI is InChI=1S/C22H26N4O2/c1-3-12-25(13-4-2)21(27)16-26-22(28)19-10-6-5-9-18(19)20(24-26)14-17-8-7-11-23-15-17/h5-11,15H,3-4,12-14,16H2,1-2H3. The predicted molar refractivity (Wildman–Crippen MR) is 110 cm³/mol. The lowest BCUT2D eigenvalue weighted by Gasteiger charge is -2.22. The SMILES string of the molecule is CCCN(CCC)C(=O)Cn1nc(Cc2cccnc2)c2ccccc2c1=O. The first kappa shape index (κ1) is 19.7. The Bertz CT molecular complexity index is 992. The Kier molecular flexibility index (Phi) is 6.53. The van der Waals surface area contributed by atoms with Crippen molar-refractivity contribution in [1.29, 1.82) is 0 Å². The summed E-state index contributed by atoms with van der Waals surface area (Å²) in [6, 6.07) is 11.3. The summed E-state index contributed by atoms with van der Waals surface area (Å²) in [5, 5.41) is 5.97. The fourth-order valence-electron chi connectivity index (χ4n) is 3.37. The molecule has 1 amide bonds. The Morgan fingerprint density at radius 1 is 1.04 bits per heavy atom. The molecule has 0 atom stereocenters. The van der Waals surface area contributed by atoms with E-state index in [0.29, 0.717) is 24.9 Å². The zero-order valence-corrected chi connectivity index (χ0v) is 16.5. The molecule has 0 spiro atoms. The third kappa shape index (κ3) is 4.44. The van der Waals surface area contributed by atoms with Crippen molar-refractivity contribution in [2.75, 3.05) is 13.1 Å². The second-order valence-corrected chi connectivity index (χ2v) is 6.87. The summed E-state index contributed by atoms with van der Waals surface area (Å²) in [7, 11) is 0. The second kappa shape index (κ2) is 9.26. The predicted octanol–water partition coefficient (Wildman–Crippen LogP) is 3.03. The molecule has 0 radical (unpaired) electrons. The van der Waals surface area contributed by atoms with Crippen molar-refractivity contribution in [3.63, 3.8) is 0 Å². The third-order valence-electron chi connectivity index (χ3n) is 4.66. The first-order valence-corrected chi connectivity index (χ1v) is 9.79. The third-order valence-corrected chi connectivity index (χ3v) is 4.66. The number of nitrogens with zero attached hydrogens (tertiary/aromatic N) is 4. The lowest BCUT2D eigenvalue weighted by molar-refractivity contribution is -0.132. The molecule has 0 unspecified atom stereocenters. The van der Waals surface area contributed by atoms with E-state index in [1.807, 2.05) is 49.1 Å². The van der Waals surface area contributed by atoms with Gasteiger partial charge in [-0.3, -0.25) is 14.6 Å². The number of rotatable bonds is 8. The Morgan fingerprint density at radius 2 is 1.75 bits per heavy atom. The summed E-state index contributed by atoms with van der Waals surface area (Å²) in [5.74, 6) is -0.0686. The molecule has 0 saturated carbocycles. The molecule has 1 aromatic carbocycles. The highest BCUT2D eigenvalue weighted by Crippen LogP contribution is 2.16. The van der Waals surface area contributed by atoms with E-state index in [2.05, 4.69) is 10.1 Å². The zero-order valence-electron chi connectivity index (χ0n) is 16.5. The molecule has 0 bridgehead atoms. The van der Waals surface area contributed by atoms with E-state index < -0.39 is 0 Å². The topological polar surface area (TPSA) is 68.1 Å². The molecule has 0 N–H and O–H groups in total. The molecule has 0 aliphatic carbocycles. The van der Waals surface area contributed by atoms with E-state index in [4.69, 9.17) is 0 Å². The highest BCUT2D eigenvalue weighted by atomic mass is 16.2. The molecule has 2 aromatic heterocycles. The maximum atomic E-state index is 12.9. The van der Waals surface area contributed by atoms with Crippen LogP contribution in [0.5, 0.6) is 0 Å². The summed E-state index contributed by atoms with van der Waals surface area (Å²) in [6.45, 7) is 5.43. The van der Waals surface area contributed by atoms with Gasteiger partial charge in [-0.25, -0.2) is 4.68 Å². The van der Waals surface area contributed by atoms with Crippen molar-refractivity contribution in [2.24, 2.45) is 0 Å². The number of pyridine rings is 1. The Morgan fingerprint density at radius 3 is 2.39 bits per heavy atom. The lowest BCUT2D eigenvalue weighted by Crippen LogP contribution is -2.38. The van der Waals surface area contributed by atoms with Crippen molar-refractivity contribution < 1.29 is 4.79 Å². The summed E-state index contributed by atoms with van der Waals surface area (Å²) in [6.07, 6.45) is 5.85. The molecule has 0 saturated heterocycles. The smallest absolute Gasteiger partial charge is 0.275 e. The quantitative estimate of drug-likeness (QED) is 0.604. The van der Waals surface area contributed by atoms with Crippen LogP contribution in [0.1, 0.15) is 37.9 Å². The fourth-order valence-corrected chi connectivity index (χ4v) is 3.37. The van der Waals surface area contributed by atoms with Crippen LogP contribution in [-0.4, -0.2) is 38.7 Å². The number of carbonyl (C=O) groups is 1.